The number of anilines is 1. The maximum Gasteiger partial charge on any atom is 0.246 e. The molecule has 2 rings (SSSR count). The van der Waals surface area contributed by atoms with Crippen molar-refractivity contribution >= 4 is 21.6 Å². The van der Waals surface area contributed by atoms with Gasteiger partial charge >= 0.3 is 0 Å². The number of hydrogen-bond donors (Lipinski definition) is 0. The zero-order valence-electron chi connectivity index (χ0n) is 16.8. The van der Waals surface area contributed by atoms with Crippen LogP contribution in [-0.4, -0.2) is 45.2 Å². The standard InChI is InChI=1S/C21H28N2O4S/c1-5-20(21(24)22(3)16-17-10-8-7-9-11-17)23(28(4,25)26)18-12-14-19(15-13-18)27-6-2/h7-15,20H,5-6,16H2,1-4H3. The van der Waals surface area contributed by atoms with Crippen molar-refractivity contribution in [3.8, 4) is 5.75 Å². The van der Waals surface area contributed by atoms with Crippen LogP contribution in [0.15, 0.2) is 54.6 Å². The lowest BCUT2D eigenvalue weighted by atomic mass is 10.1. The van der Waals surface area contributed by atoms with Crippen molar-refractivity contribution < 1.29 is 17.9 Å². The maximum absolute atomic E-state index is 13.1. The molecule has 0 aliphatic heterocycles. The smallest absolute Gasteiger partial charge is 0.246 e. The Morgan fingerprint density at radius 3 is 2.14 bits per heavy atom. The van der Waals surface area contributed by atoms with Gasteiger partial charge in [0.2, 0.25) is 15.9 Å². The largest absolute Gasteiger partial charge is 0.494 e. The Bertz CT molecular complexity index is 867. The molecular weight excluding hydrogens is 376 g/mol. The molecule has 0 fully saturated rings. The summed E-state index contributed by atoms with van der Waals surface area (Å²) in [5, 5.41) is 0. The van der Waals surface area contributed by atoms with Crippen LogP contribution >= 0.6 is 0 Å². The van der Waals surface area contributed by atoms with Crippen LogP contribution in [0.4, 0.5) is 5.69 Å². The average Bonchev–Trinajstić information content (AvgIpc) is 2.66. The van der Waals surface area contributed by atoms with Crippen molar-refractivity contribution in [3.63, 3.8) is 0 Å². The molecule has 0 aliphatic carbocycles. The summed E-state index contributed by atoms with van der Waals surface area (Å²) < 4.78 is 31.7. The van der Waals surface area contributed by atoms with Gasteiger partial charge in [-0.3, -0.25) is 9.10 Å². The van der Waals surface area contributed by atoms with Gasteiger partial charge in [-0.2, -0.15) is 0 Å². The second-order valence-corrected chi connectivity index (χ2v) is 8.45. The number of carbonyl (C=O) groups is 1. The van der Waals surface area contributed by atoms with Crippen molar-refractivity contribution in [2.24, 2.45) is 0 Å². The fraction of sp³-hybridized carbons (Fsp3) is 0.381. The predicted octanol–water partition coefficient (Wildman–Crippen LogP) is 3.29. The number of benzene rings is 2. The highest BCUT2D eigenvalue weighted by atomic mass is 32.2. The van der Waals surface area contributed by atoms with E-state index in [0.717, 1.165) is 11.8 Å². The summed E-state index contributed by atoms with van der Waals surface area (Å²) in [4.78, 5) is 14.7. The minimum absolute atomic E-state index is 0.245. The Hall–Kier alpha value is -2.54. The molecule has 0 bridgehead atoms. The second kappa shape index (κ2) is 9.59. The number of rotatable bonds is 9. The third-order valence-corrected chi connectivity index (χ3v) is 5.53. The monoisotopic (exact) mass is 404 g/mol. The first-order valence-electron chi connectivity index (χ1n) is 9.29. The maximum atomic E-state index is 13.1. The highest BCUT2D eigenvalue weighted by molar-refractivity contribution is 7.92. The van der Waals surface area contributed by atoms with Gasteiger partial charge in [0.1, 0.15) is 11.8 Å². The van der Waals surface area contributed by atoms with Crippen molar-refractivity contribution in [2.45, 2.75) is 32.9 Å². The topological polar surface area (TPSA) is 66.9 Å². The van der Waals surface area contributed by atoms with E-state index in [1.54, 1.807) is 36.2 Å². The SMILES string of the molecule is CCOc1ccc(N(C(CC)C(=O)N(C)Cc2ccccc2)S(C)(=O)=O)cc1. The quantitative estimate of drug-likeness (QED) is 0.643. The molecule has 28 heavy (non-hydrogen) atoms. The molecule has 0 saturated heterocycles. The van der Waals surface area contributed by atoms with Crippen LogP contribution in [-0.2, 0) is 21.4 Å². The molecular formula is C21H28N2O4S. The Kier molecular flexibility index (Phi) is 7.45. The molecule has 0 saturated carbocycles. The van der Waals surface area contributed by atoms with Gasteiger partial charge < -0.3 is 9.64 Å². The van der Waals surface area contributed by atoms with E-state index in [0.29, 0.717) is 31.0 Å². The Balaban J connectivity index is 2.30. The van der Waals surface area contributed by atoms with Crippen LogP contribution in [0.1, 0.15) is 25.8 Å². The number of hydrogen-bond acceptors (Lipinski definition) is 4. The van der Waals surface area contributed by atoms with Gasteiger partial charge in [-0.15, -0.1) is 0 Å². The van der Waals surface area contributed by atoms with E-state index in [1.165, 1.54) is 4.31 Å². The first kappa shape index (κ1) is 21.8. The molecule has 2 aromatic rings. The van der Waals surface area contributed by atoms with Crippen LogP contribution < -0.4 is 9.04 Å². The van der Waals surface area contributed by atoms with Crippen LogP contribution in [0.25, 0.3) is 0 Å². The molecule has 6 nitrogen and oxygen atoms in total. The van der Waals surface area contributed by atoms with Gasteiger partial charge in [0, 0.05) is 13.6 Å². The van der Waals surface area contributed by atoms with Gasteiger partial charge in [-0.25, -0.2) is 8.42 Å². The predicted molar refractivity (Wildman–Crippen MR) is 112 cm³/mol. The molecule has 2 aromatic carbocycles. The van der Waals surface area contributed by atoms with Crippen molar-refractivity contribution in [1.29, 1.82) is 0 Å². The van der Waals surface area contributed by atoms with Gasteiger partial charge in [0.15, 0.2) is 0 Å². The fourth-order valence-electron chi connectivity index (χ4n) is 3.09. The van der Waals surface area contributed by atoms with Gasteiger partial charge in [-0.1, -0.05) is 37.3 Å². The van der Waals surface area contributed by atoms with Crippen molar-refractivity contribution in [2.75, 3.05) is 24.2 Å². The zero-order chi connectivity index (χ0) is 20.7. The molecule has 0 heterocycles. The summed E-state index contributed by atoms with van der Waals surface area (Å²) in [5.74, 6) is 0.408. The molecule has 0 spiro atoms. The number of carbonyl (C=O) groups excluding carboxylic acids is 1. The number of ether oxygens (including phenoxy) is 1. The molecule has 7 heteroatoms. The third-order valence-electron chi connectivity index (χ3n) is 4.35. The zero-order valence-corrected chi connectivity index (χ0v) is 17.6. The minimum Gasteiger partial charge on any atom is -0.494 e. The molecule has 0 N–H and O–H groups in total. The number of sulfonamides is 1. The number of amides is 1. The highest BCUT2D eigenvalue weighted by Crippen LogP contribution is 2.26. The van der Waals surface area contributed by atoms with Gasteiger partial charge in [0.05, 0.1) is 18.6 Å². The number of nitrogens with zero attached hydrogens (tertiary/aromatic N) is 2. The van der Waals surface area contributed by atoms with Crippen LogP contribution in [0, 0.1) is 0 Å². The van der Waals surface area contributed by atoms with Gasteiger partial charge in [0.25, 0.3) is 0 Å². The molecule has 0 aliphatic rings. The summed E-state index contributed by atoms with van der Waals surface area (Å²) >= 11 is 0. The van der Waals surface area contributed by atoms with E-state index in [9.17, 15) is 13.2 Å². The van der Waals surface area contributed by atoms with E-state index in [1.807, 2.05) is 44.2 Å². The molecule has 0 radical (unpaired) electrons. The van der Waals surface area contributed by atoms with Gasteiger partial charge in [-0.05, 0) is 43.2 Å². The summed E-state index contributed by atoms with van der Waals surface area (Å²) in [6.07, 6.45) is 1.48. The Morgan fingerprint density at radius 2 is 1.64 bits per heavy atom. The molecule has 152 valence electrons. The summed E-state index contributed by atoms with van der Waals surface area (Å²) in [6.45, 7) is 4.63. The van der Waals surface area contributed by atoms with Crippen LogP contribution in [0.3, 0.4) is 0 Å². The second-order valence-electron chi connectivity index (χ2n) is 6.59. The summed E-state index contributed by atoms with van der Waals surface area (Å²) in [6, 6.07) is 15.5. The van der Waals surface area contributed by atoms with Crippen LogP contribution in [0.2, 0.25) is 0 Å². The average molecular weight is 405 g/mol. The first-order valence-corrected chi connectivity index (χ1v) is 11.1. The Morgan fingerprint density at radius 1 is 1.04 bits per heavy atom. The number of likely N-dealkylation sites (N-methyl/N-ethyl adjacent to an activating group) is 1. The molecule has 1 unspecified atom stereocenters. The van der Waals surface area contributed by atoms with Crippen molar-refractivity contribution in [1.82, 2.24) is 4.90 Å². The fourth-order valence-corrected chi connectivity index (χ4v) is 4.30. The molecule has 0 aromatic heterocycles. The summed E-state index contributed by atoms with van der Waals surface area (Å²) in [7, 11) is -1.97. The lowest BCUT2D eigenvalue weighted by molar-refractivity contribution is -0.131. The van der Waals surface area contributed by atoms with Crippen LogP contribution in [0.5, 0.6) is 5.75 Å². The lowest BCUT2D eigenvalue weighted by Gasteiger charge is -2.33. The van der Waals surface area contributed by atoms with E-state index in [-0.39, 0.29) is 5.91 Å². The van der Waals surface area contributed by atoms with Crippen molar-refractivity contribution in [3.05, 3.63) is 60.2 Å². The van der Waals surface area contributed by atoms with E-state index >= 15 is 0 Å². The molecule has 1 atom stereocenters. The molecule has 1 amide bonds. The van der Waals surface area contributed by atoms with E-state index in [4.69, 9.17) is 4.74 Å². The van der Waals surface area contributed by atoms with E-state index < -0.39 is 16.1 Å². The summed E-state index contributed by atoms with van der Waals surface area (Å²) in [5.41, 5.74) is 1.43. The first-order chi connectivity index (χ1) is 13.3. The highest BCUT2D eigenvalue weighted by Gasteiger charge is 2.33. The Labute approximate surface area is 167 Å². The van der Waals surface area contributed by atoms with E-state index in [2.05, 4.69) is 0 Å². The normalized spacial score (nSPS) is 12.3. The lowest BCUT2D eigenvalue weighted by Crippen LogP contribution is -2.49. The minimum atomic E-state index is -3.66. The third kappa shape index (κ3) is 5.48.